The SMILES string of the molecule is COc1ccccc1Cc1noc(-c2ccc(CN)o2)n1. The van der Waals surface area contributed by atoms with Crippen LogP contribution >= 0.6 is 0 Å². The zero-order chi connectivity index (χ0) is 14.7. The second-order valence-corrected chi connectivity index (χ2v) is 4.47. The van der Waals surface area contributed by atoms with Crippen molar-refractivity contribution in [2.75, 3.05) is 7.11 Å². The number of rotatable bonds is 5. The first-order valence-corrected chi connectivity index (χ1v) is 6.54. The van der Waals surface area contributed by atoms with Gasteiger partial charge in [-0.05, 0) is 18.2 Å². The number of nitrogens with two attached hydrogens (primary N) is 1. The molecule has 6 nitrogen and oxygen atoms in total. The predicted octanol–water partition coefficient (Wildman–Crippen LogP) is 2.39. The normalized spacial score (nSPS) is 10.8. The van der Waals surface area contributed by atoms with Gasteiger partial charge in [0.2, 0.25) is 0 Å². The molecule has 0 spiro atoms. The van der Waals surface area contributed by atoms with Crippen LogP contribution in [0.4, 0.5) is 0 Å². The molecule has 2 aromatic heterocycles. The van der Waals surface area contributed by atoms with Crippen LogP contribution in [0.15, 0.2) is 45.3 Å². The molecule has 21 heavy (non-hydrogen) atoms. The summed E-state index contributed by atoms with van der Waals surface area (Å²) in [6.45, 7) is 0.336. The Bertz CT molecular complexity index is 733. The third-order valence-corrected chi connectivity index (χ3v) is 3.08. The van der Waals surface area contributed by atoms with E-state index in [4.69, 9.17) is 19.4 Å². The maximum absolute atomic E-state index is 5.51. The standard InChI is InChI=1S/C15H15N3O3/c1-19-12-5-3-2-4-10(12)8-14-17-15(21-18-14)13-7-6-11(9-16)20-13/h2-7H,8-9,16H2,1H3. The number of para-hydroxylation sites is 1. The Balaban J connectivity index is 1.82. The van der Waals surface area contributed by atoms with E-state index in [9.17, 15) is 0 Å². The fourth-order valence-corrected chi connectivity index (χ4v) is 2.05. The maximum atomic E-state index is 5.51. The van der Waals surface area contributed by atoms with Crippen LogP contribution in [-0.2, 0) is 13.0 Å². The summed E-state index contributed by atoms with van der Waals surface area (Å²) in [6, 6.07) is 11.3. The van der Waals surface area contributed by atoms with E-state index in [-0.39, 0.29) is 0 Å². The quantitative estimate of drug-likeness (QED) is 0.774. The molecule has 0 aliphatic carbocycles. The first kappa shape index (κ1) is 13.4. The molecule has 0 aliphatic rings. The highest BCUT2D eigenvalue weighted by atomic mass is 16.5. The van der Waals surface area contributed by atoms with Crippen LogP contribution in [0.1, 0.15) is 17.1 Å². The predicted molar refractivity (Wildman–Crippen MR) is 75.7 cm³/mol. The van der Waals surface area contributed by atoms with E-state index in [0.29, 0.717) is 36.2 Å². The fraction of sp³-hybridized carbons (Fsp3) is 0.200. The van der Waals surface area contributed by atoms with Crippen LogP contribution in [0.2, 0.25) is 0 Å². The van der Waals surface area contributed by atoms with Crippen LogP contribution in [0, 0.1) is 0 Å². The summed E-state index contributed by atoms with van der Waals surface area (Å²) in [7, 11) is 1.64. The lowest BCUT2D eigenvalue weighted by Crippen LogP contribution is -1.95. The van der Waals surface area contributed by atoms with Crippen molar-refractivity contribution in [1.29, 1.82) is 0 Å². The molecular formula is C15H15N3O3. The van der Waals surface area contributed by atoms with Gasteiger partial charge in [-0.25, -0.2) is 0 Å². The minimum atomic E-state index is 0.336. The van der Waals surface area contributed by atoms with Gasteiger partial charge < -0.3 is 19.4 Å². The smallest absolute Gasteiger partial charge is 0.293 e. The average molecular weight is 285 g/mol. The van der Waals surface area contributed by atoms with Crippen LogP contribution in [0.3, 0.4) is 0 Å². The molecule has 0 aliphatic heterocycles. The molecule has 0 saturated carbocycles. The van der Waals surface area contributed by atoms with Crippen molar-refractivity contribution >= 4 is 0 Å². The van der Waals surface area contributed by atoms with Gasteiger partial charge in [0.15, 0.2) is 11.6 Å². The Morgan fingerprint density at radius 3 is 2.81 bits per heavy atom. The van der Waals surface area contributed by atoms with Gasteiger partial charge in [-0.1, -0.05) is 23.4 Å². The lowest BCUT2D eigenvalue weighted by atomic mass is 10.1. The number of hydrogen-bond donors (Lipinski definition) is 1. The Labute approximate surface area is 121 Å². The van der Waals surface area contributed by atoms with Crippen LogP contribution < -0.4 is 10.5 Å². The molecule has 1 aromatic carbocycles. The van der Waals surface area contributed by atoms with E-state index in [1.807, 2.05) is 24.3 Å². The second kappa shape index (κ2) is 5.80. The summed E-state index contributed by atoms with van der Waals surface area (Å²) < 4.78 is 16.0. The highest BCUT2D eigenvalue weighted by Gasteiger charge is 2.14. The van der Waals surface area contributed by atoms with Crippen LogP contribution in [0.5, 0.6) is 5.75 Å². The molecule has 0 amide bonds. The molecule has 2 N–H and O–H groups in total. The summed E-state index contributed by atoms with van der Waals surface area (Å²) in [5, 5.41) is 3.97. The van der Waals surface area contributed by atoms with E-state index in [1.165, 1.54) is 0 Å². The van der Waals surface area contributed by atoms with Crippen molar-refractivity contribution in [3.05, 3.63) is 53.5 Å². The Morgan fingerprint density at radius 2 is 2.05 bits per heavy atom. The van der Waals surface area contributed by atoms with Gasteiger partial charge in [0.05, 0.1) is 13.7 Å². The number of ether oxygens (including phenoxy) is 1. The lowest BCUT2D eigenvalue weighted by Gasteiger charge is -2.04. The Morgan fingerprint density at radius 1 is 1.19 bits per heavy atom. The summed E-state index contributed by atoms with van der Waals surface area (Å²) in [5.41, 5.74) is 6.50. The first-order chi connectivity index (χ1) is 10.3. The van der Waals surface area contributed by atoms with E-state index >= 15 is 0 Å². The molecule has 0 fully saturated rings. The van der Waals surface area contributed by atoms with Crippen LogP contribution in [0.25, 0.3) is 11.7 Å². The third-order valence-electron chi connectivity index (χ3n) is 3.08. The van der Waals surface area contributed by atoms with Gasteiger partial charge in [-0.3, -0.25) is 0 Å². The van der Waals surface area contributed by atoms with Crippen molar-refractivity contribution in [2.24, 2.45) is 5.73 Å². The van der Waals surface area contributed by atoms with Crippen molar-refractivity contribution in [2.45, 2.75) is 13.0 Å². The molecule has 108 valence electrons. The molecule has 3 rings (SSSR count). The van der Waals surface area contributed by atoms with E-state index in [1.54, 1.807) is 19.2 Å². The highest BCUT2D eigenvalue weighted by Crippen LogP contribution is 2.23. The minimum absolute atomic E-state index is 0.336. The van der Waals surface area contributed by atoms with Crippen molar-refractivity contribution in [3.8, 4) is 17.4 Å². The molecule has 2 heterocycles. The number of furan rings is 1. The summed E-state index contributed by atoms with van der Waals surface area (Å²) in [6.07, 6.45) is 0.526. The van der Waals surface area contributed by atoms with Crippen LogP contribution in [-0.4, -0.2) is 17.3 Å². The minimum Gasteiger partial charge on any atom is -0.496 e. The topological polar surface area (TPSA) is 87.3 Å². The van der Waals surface area contributed by atoms with Gasteiger partial charge in [-0.15, -0.1) is 0 Å². The third kappa shape index (κ3) is 2.80. The molecule has 3 aromatic rings. The second-order valence-electron chi connectivity index (χ2n) is 4.47. The molecule has 0 radical (unpaired) electrons. The fourth-order valence-electron chi connectivity index (χ4n) is 2.05. The maximum Gasteiger partial charge on any atom is 0.293 e. The molecule has 0 unspecified atom stereocenters. The van der Waals surface area contributed by atoms with E-state index < -0.39 is 0 Å². The van der Waals surface area contributed by atoms with Gasteiger partial charge >= 0.3 is 0 Å². The monoisotopic (exact) mass is 285 g/mol. The highest BCUT2D eigenvalue weighted by molar-refractivity contribution is 5.44. The number of benzene rings is 1. The average Bonchev–Trinajstić information content (AvgIpc) is 3.16. The van der Waals surface area contributed by atoms with Gasteiger partial charge in [0.25, 0.3) is 5.89 Å². The van der Waals surface area contributed by atoms with E-state index in [2.05, 4.69) is 10.1 Å². The van der Waals surface area contributed by atoms with Gasteiger partial charge in [0, 0.05) is 12.0 Å². The first-order valence-electron chi connectivity index (χ1n) is 6.54. The molecule has 0 saturated heterocycles. The summed E-state index contributed by atoms with van der Waals surface area (Å²) >= 11 is 0. The zero-order valence-electron chi connectivity index (χ0n) is 11.6. The lowest BCUT2D eigenvalue weighted by molar-refractivity contribution is 0.402. The van der Waals surface area contributed by atoms with Crippen molar-refractivity contribution in [3.63, 3.8) is 0 Å². The molecule has 0 atom stereocenters. The van der Waals surface area contributed by atoms with E-state index in [0.717, 1.165) is 11.3 Å². The van der Waals surface area contributed by atoms with Crippen molar-refractivity contribution in [1.82, 2.24) is 10.1 Å². The molecular weight excluding hydrogens is 270 g/mol. The van der Waals surface area contributed by atoms with Gasteiger partial charge in [0.1, 0.15) is 11.5 Å². The van der Waals surface area contributed by atoms with Crippen molar-refractivity contribution < 1.29 is 13.7 Å². The Kier molecular flexibility index (Phi) is 3.70. The Hall–Kier alpha value is -2.60. The zero-order valence-corrected chi connectivity index (χ0v) is 11.6. The molecule has 0 bridgehead atoms. The van der Waals surface area contributed by atoms with Gasteiger partial charge in [-0.2, -0.15) is 4.98 Å². The number of nitrogens with zero attached hydrogens (tertiary/aromatic N) is 2. The summed E-state index contributed by atoms with van der Waals surface area (Å²) in [5.74, 6) is 2.91. The number of methoxy groups -OCH3 is 1. The number of hydrogen-bond acceptors (Lipinski definition) is 6. The molecule has 6 heteroatoms. The largest absolute Gasteiger partial charge is 0.496 e. The number of aromatic nitrogens is 2. The summed E-state index contributed by atoms with van der Waals surface area (Å²) in [4.78, 5) is 4.33.